The van der Waals surface area contributed by atoms with Gasteiger partial charge < -0.3 is 18.9 Å². The third-order valence-electron chi connectivity index (χ3n) is 6.77. The first-order valence-electron chi connectivity index (χ1n) is 12.1. The number of esters is 1. The molecule has 0 bridgehead atoms. The Kier molecular flexibility index (Phi) is 8.63. The van der Waals surface area contributed by atoms with Crippen molar-refractivity contribution in [1.29, 1.82) is 0 Å². The molecule has 1 saturated carbocycles. The smallest absolute Gasteiger partial charge is 0.310 e. The van der Waals surface area contributed by atoms with Crippen LogP contribution in [0.1, 0.15) is 43.7 Å². The molecule has 0 spiro atoms. The van der Waals surface area contributed by atoms with Crippen LogP contribution in [-0.2, 0) is 15.4 Å². The molecule has 1 aromatic carbocycles. The molecule has 3 aromatic rings. The van der Waals surface area contributed by atoms with Gasteiger partial charge in [-0.3, -0.25) is 4.79 Å². The highest BCUT2D eigenvalue weighted by molar-refractivity contribution is 9.15. The number of rotatable bonds is 10. The van der Waals surface area contributed by atoms with E-state index in [1.54, 1.807) is 50.4 Å². The van der Waals surface area contributed by atoms with Gasteiger partial charge in [0.15, 0.2) is 0 Å². The Balaban J connectivity index is 1.43. The third kappa shape index (κ3) is 6.13. The molecule has 2 heterocycles. The van der Waals surface area contributed by atoms with E-state index in [2.05, 4.69) is 45.8 Å². The average Bonchev–Trinajstić information content (AvgIpc) is 3.47. The van der Waals surface area contributed by atoms with E-state index >= 15 is 0 Å². The maximum absolute atomic E-state index is 13.2. The summed E-state index contributed by atoms with van der Waals surface area (Å²) in [5.74, 6) is 1.71. The van der Waals surface area contributed by atoms with Crippen LogP contribution in [0.25, 0.3) is 4.48 Å². The van der Waals surface area contributed by atoms with Crippen molar-refractivity contribution in [3.63, 3.8) is 0 Å². The highest BCUT2D eigenvalue weighted by atomic mass is 79.9. The number of aromatic nitrogens is 2. The van der Waals surface area contributed by atoms with Crippen LogP contribution >= 0.6 is 27.5 Å². The minimum absolute atomic E-state index is 0.0111. The number of methoxy groups -OCH3 is 2. The fraction of sp³-hybridized carbons (Fsp3) is 0.345. The molecule has 0 aliphatic heterocycles. The van der Waals surface area contributed by atoms with Gasteiger partial charge in [0.1, 0.15) is 11.9 Å². The Hall–Kier alpha value is -3.10. The lowest BCUT2D eigenvalue weighted by Crippen LogP contribution is -2.14. The van der Waals surface area contributed by atoms with Gasteiger partial charge in [0.05, 0.1) is 31.7 Å². The molecule has 3 atom stereocenters. The molecule has 9 heteroatoms. The van der Waals surface area contributed by atoms with Gasteiger partial charge in [0.2, 0.25) is 17.6 Å². The van der Waals surface area contributed by atoms with Gasteiger partial charge in [0, 0.05) is 28.2 Å². The van der Waals surface area contributed by atoms with Crippen molar-refractivity contribution in [2.24, 2.45) is 17.3 Å². The molecule has 38 heavy (non-hydrogen) atoms. The first kappa shape index (κ1) is 27.9. The fourth-order valence-corrected chi connectivity index (χ4v) is 5.14. The number of hydrogen-bond donors (Lipinski definition) is 0. The summed E-state index contributed by atoms with van der Waals surface area (Å²) in [7, 11) is 3.16. The lowest BCUT2D eigenvalue weighted by atomic mass is 10.1. The van der Waals surface area contributed by atoms with Crippen LogP contribution in [0.3, 0.4) is 0 Å². The van der Waals surface area contributed by atoms with Crippen molar-refractivity contribution in [3.05, 3.63) is 77.5 Å². The van der Waals surface area contributed by atoms with Gasteiger partial charge in [-0.1, -0.05) is 60.1 Å². The SMILES string of the molecule is COc1cccc(Oc2cccc(C(C)OC(=O)C3C(C=C(Br)c4ccc(CCl)c(OC)c4)C3(C)C)n2)n1. The summed E-state index contributed by atoms with van der Waals surface area (Å²) in [5.41, 5.74) is 2.21. The number of pyridine rings is 2. The number of carbonyl (C=O) groups excluding carboxylic acids is 1. The van der Waals surface area contributed by atoms with E-state index in [1.165, 1.54) is 7.11 Å². The van der Waals surface area contributed by atoms with E-state index in [1.807, 2.05) is 18.2 Å². The highest BCUT2D eigenvalue weighted by Crippen LogP contribution is 2.60. The van der Waals surface area contributed by atoms with Crippen LogP contribution in [0.15, 0.2) is 60.7 Å². The Bertz CT molecular complexity index is 1350. The molecule has 0 radical (unpaired) electrons. The topological polar surface area (TPSA) is 79.8 Å². The van der Waals surface area contributed by atoms with Crippen LogP contribution < -0.4 is 14.2 Å². The lowest BCUT2D eigenvalue weighted by Gasteiger charge is -2.14. The molecule has 7 nitrogen and oxygen atoms in total. The van der Waals surface area contributed by atoms with Gasteiger partial charge in [0.25, 0.3) is 0 Å². The van der Waals surface area contributed by atoms with Crippen molar-refractivity contribution < 1.29 is 23.7 Å². The van der Waals surface area contributed by atoms with Crippen molar-refractivity contribution >= 4 is 38.0 Å². The molecule has 4 rings (SSSR count). The summed E-state index contributed by atoms with van der Waals surface area (Å²) < 4.78 is 23.1. The molecule has 2 aromatic heterocycles. The Morgan fingerprint density at radius 1 is 1.05 bits per heavy atom. The molecule has 0 saturated heterocycles. The molecule has 3 unspecified atom stereocenters. The largest absolute Gasteiger partial charge is 0.496 e. The van der Waals surface area contributed by atoms with E-state index in [-0.39, 0.29) is 23.2 Å². The normalized spacial score (nSPS) is 18.9. The van der Waals surface area contributed by atoms with Gasteiger partial charge in [-0.25, -0.2) is 4.98 Å². The third-order valence-corrected chi connectivity index (χ3v) is 7.78. The minimum Gasteiger partial charge on any atom is -0.496 e. The molecular weight excluding hydrogens is 572 g/mol. The molecule has 0 N–H and O–H groups in total. The monoisotopic (exact) mass is 600 g/mol. The van der Waals surface area contributed by atoms with Crippen LogP contribution in [-0.4, -0.2) is 30.2 Å². The number of alkyl halides is 1. The highest BCUT2D eigenvalue weighted by Gasteiger charge is 2.61. The Labute approximate surface area is 236 Å². The van der Waals surface area contributed by atoms with Crippen LogP contribution in [0.4, 0.5) is 0 Å². The zero-order chi connectivity index (χ0) is 27.4. The summed E-state index contributed by atoms with van der Waals surface area (Å²) in [6, 6.07) is 16.4. The van der Waals surface area contributed by atoms with Gasteiger partial charge in [-0.05, 0) is 36.0 Å². The van der Waals surface area contributed by atoms with E-state index < -0.39 is 6.10 Å². The molecule has 1 aliphatic carbocycles. The zero-order valence-corrected chi connectivity index (χ0v) is 24.2. The molecular formula is C29H30BrClN2O5. The molecule has 0 amide bonds. The summed E-state index contributed by atoms with van der Waals surface area (Å²) >= 11 is 9.67. The number of carbonyl (C=O) groups is 1. The van der Waals surface area contributed by atoms with Gasteiger partial charge >= 0.3 is 5.97 Å². The number of halogens is 2. The standard InChI is InChI=1S/C29H30BrClN2O5/c1-17(22-8-6-10-25(32-22)38-26-11-7-9-24(33-26)36-5)37-28(34)27-20(29(27,2)3)15-21(30)18-12-13-19(16-31)23(14-18)35-4/h6-15,17,20,27H,16H2,1-5H3. The molecule has 1 aliphatic rings. The van der Waals surface area contributed by atoms with Crippen LogP contribution in [0, 0.1) is 17.3 Å². The second kappa shape index (κ2) is 11.7. The minimum atomic E-state index is -0.554. The summed E-state index contributed by atoms with van der Waals surface area (Å²) in [6.07, 6.45) is 1.51. The van der Waals surface area contributed by atoms with Crippen molar-refractivity contribution in [2.75, 3.05) is 14.2 Å². The second-order valence-corrected chi connectivity index (χ2v) is 10.7. The summed E-state index contributed by atoms with van der Waals surface area (Å²) in [6.45, 7) is 5.93. The van der Waals surface area contributed by atoms with Crippen LogP contribution in [0.2, 0.25) is 0 Å². The summed E-state index contributed by atoms with van der Waals surface area (Å²) in [5, 5.41) is 0. The quantitative estimate of drug-likeness (QED) is 0.178. The number of hydrogen-bond acceptors (Lipinski definition) is 7. The Morgan fingerprint density at radius 3 is 2.42 bits per heavy atom. The van der Waals surface area contributed by atoms with E-state index in [0.717, 1.165) is 21.4 Å². The average molecular weight is 602 g/mol. The second-order valence-electron chi connectivity index (χ2n) is 9.60. The van der Waals surface area contributed by atoms with E-state index in [0.29, 0.717) is 29.2 Å². The predicted molar refractivity (Wildman–Crippen MR) is 150 cm³/mol. The van der Waals surface area contributed by atoms with Crippen molar-refractivity contribution in [1.82, 2.24) is 9.97 Å². The summed E-state index contributed by atoms with van der Waals surface area (Å²) in [4.78, 5) is 21.9. The number of benzene rings is 1. The van der Waals surface area contributed by atoms with Gasteiger partial charge in [-0.2, -0.15) is 4.98 Å². The van der Waals surface area contributed by atoms with Gasteiger partial charge in [-0.15, -0.1) is 11.6 Å². The fourth-order valence-electron chi connectivity index (χ4n) is 4.39. The van der Waals surface area contributed by atoms with E-state index in [4.69, 9.17) is 30.5 Å². The number of ether oxygens (including phenoxy) is 4. The zero-order valence-electron chi connectivity index (χ0n) is 21.9. The van der Waals surface area contributed by atoms with Crippen molar-refractivity contribution in [2.45, 2.75) is 32.8 Å². The lowest BCUT2D eigenvalue weighted by molar-refractivity contribution is -0.151. The van der Waals surface area contributed by atoms with E-state index in [9.17, 15) is 4.79 Å². The number of allylic oxidation sites excluding steroid dienone is 1. The maximum Gasteiger partial charge on any atom is 0.310 e. The maximum atomic E-state index is 13.2. The van der Waals surface area contributed by atoms with Crippen LogP contribution in [0.5, 0.6) is 23.4 Å². The number of nitrogens with zero attached hydrogens (tertiary/aromatic N) is 2. The molecule has 200 valence electrons. The predicted octanol–water partition coefficient (Wildman–Crippen LogP) is 7.34. The first-order valence-corrected chi connectivity index (χ1v) is 13.5. The first-order chi connectivity index (χ1) is 18.2. The molecule has 1 fully saturated rings. The Morgan fingerprint density at radius 2 is 1.74 bits per heavy atom. The van der Waals surface area contributed by atoms with Crippen molar-refractivity contribution in [3.8, 4) is 23.4 Å².